The van der Waals surface area contributed by atoms with Gasteiger partial charge >= 0.3 is 23.9 Å². The van der Waals surface area contributed by atoms with E-state index in [0.29, 0.717) is 32.0 Å². The highest BCUT2D eigenvalue weighted by Crippen LogP contribution is 2.47. The number of fused-ring (bicyclic) bond motifs is 3. The van der Waals surface area contributed by atoms with Crippen molar-refractivity contribution in [2.75, 3.05) is 14.2 Å². The van der Waals surface area contributed by atoms with Crippen LogP contribution in [0.25, 0.3) is 38.0 Å². The average Bonchev–Trinajstić information content (AvgIpc) is 3.52. The molecular formula is C26H19ClO9S. The fourth-order valence-corrected chi connectivity index (χ4v) is 5.25. The SMILES string of the molecule is COC(=O)/C=C(\C(=O)OC)c1c(C(=O)O)c(C(=O)O)c(-c2cccs2)c2oc3c(C)c(C)c(Cl)cc3c12. The first-order valence-corrected chi connectivity index (χ1v) is 11.9. The molecule has 2 aromatic carbocycles. The van der Waals surface area contributed by atoms with E-state index in [1.807, 2.05) is 0 Å². The number of carbonyl (C=O) groups is 4. The number of thiophene rings is 1. The molecule has 0 radical (unpaired) electrons. The monoisotopic (exact) mass is 542 g/mol. The van der Waals surface area contributed by atoms with E-state index in [1.54, 1.807) is 37.4 Å². The summed E-state index contributed by atoms with van der Waals surface area (Å²) < 4.78 is 15.7. The van der Waals surface area contributed by atoms with Gasteiger partial charge in [-0.2, -0.15) is 0 Å². The number of rotatable bonds is 6. The molecule has 2 N–H and O–H groups in total. The Morgan fingerprint density at radius 1 is 0.973 bits per heavy atom. The normalized spacial score (nSPS) is 11.6. The number of aryl methyl sites for hydroxylation is 1. The topological polar surface area (TPSA) is 140 Å². The third-order valence-corrected chi connectivity index (χ3v) is 7.32. The first-order chi connectivity index (χ1) is 17.5. The summed E-state index contributed by atoms with van der Waals surface area (Å²) >= 11 is 7.65. The summed E-state index contributed by atoms with van der Waals surface area (Å²) in [6.45, 7) is 3.52. The van der Waals surface area contributed by atoms with Gasteiger partial charge in [-0.15, -0.1) is 11.3 Å². The van der Waals surface area contributed by atoms with Gasteiger partial charge in [-0.05, 0) is 42.5 Å². The van der Waals surface area contributed by atoms with E-state index in [9.17, 15) is 29.4 Å². The van der Waals surface area contributed by atoms with Crippen LogP contribution in [0.3, 0.4) is 0 Å². The molecule has 4 rings (SSSR count). The van der Waals surface area contributed by atoms with Crippen LogP contribution in [-0.2, 0) is 19.1 Å². The number of carbonyl (C=O) groups excluding carboxylic acids is 2. The van der Waals surface area contributed by atoms with Crippen molar-refractivity contribution in [1.82, 2.24) is 0 Å². The molecule has 0 saturated heterocycles. The van der Waals surface area contributed by atoms with Crippen molar-refractivity contribution in [2.24, 2.45) is 0 Å². The number of furan rings is 1. The van der Waals surface area contributed by atoms with Gasteiger partial charge in [0, 0.05) is 32.3 Å². The average molecular weight is 543 g/mol. The van der Waals surface area contributed by atoms with Crippen LogP contribution >= 0.6 is 22.9 Å². The van der Waals surface area contributed by atoms with E-state index >= 15 is 0 Å². The molecule has 37 heavy (non-hydrogen) atoms. The van der Waals surface area contributed by atoms with E-state index in [1.165, 1.54) is 11.3 Å². The van der Waals surface area contributed by atoms with Gasteiger partial charge in [-0.1, -0.05) is 17.7 Å². The Kier molecular flexibility index (Phi) is 6.81. The maximum absolute atomic E-state index is 12.9. The Bertz CT molecular complexity index is 1660. The molecule has 0 unspecified atom stereocenters. The maximum atomic E-state index is 12.9. The van der Waals surface area contributed by atoms with Crippen LogP contribution in [0, 0.1) is 13.8 Å². The summed E-state index contributed by atoms with van der Waals surface area (Å²) in [5.41, 5.74) is -0.543. The Labute approximate surface area is 218 Å². The summed E-state index contributed by atoms with van der Waals surface area (Å²) in [6.07, 6.45) is 0.755. The summed E-state index contributed by atoms with van der Waals surface area (Å²) in [6, 6.07) is 4.85. The van der Waals surface area contributed by atoms with Crippen molar-refractivity contribution < 1.29 is 43.3 Å². The fourth-order valence-electron chi connectivity index (χ4n) is 4.23. The van der Waals surface area contributed by atoms with Gasteiger partial charge in [0.25, 0.3) is 0 Å². The molecular weight excluding hydrogens is 524 g/mol. The van der Waals surface area contributed by atoms with Gasteiger partial charge in [-0.3, -0.25) is 0 Å². The van der Waals surface area contributed by atoms with E-state index in [-0.39, 0.29) is 22.1 Å². The first-order valence-electron chi connectivity index (χ1n) is 10.6. The zero-order valence-electron chi connectivity index (χ0n) is 19.9. The second kappa shape index (κ2) is 9.72. The lowest BCUT2D eigenvalue weighted by molar-refractivity contribution is -0.136. The van der Waals surface area contributed by atoms with Crippen LogP contribution in [0.4, 0.5) is 0 Å². The lowest BCUT2D eigenvalue weighted by atomic mass is 9.86. The quantitative estimate of drug-likeness (QED) is 0.231. The smallest absolute Gasteiger partial charge is 0.338 e. The summed E-state index contributed by atoms with van der Waals surface area (Å²) in [5.74, 6) is -5.28. The van der Waals surface area contributed by atoms with Gasteiger partial charge in [0.15, 0.2) is 0 Å². The van der Waals surface area contributed by atoms with E-state index < -0.39 is 40.6 Å². The molecule has 0 amide bonds. The number of methoxy groups -OCH3 is 2. The molecule has 4 aromatic rings. The molecule has 0 aliphatic rings. The van der Waals surface area contributed by atoms with Crippen molar-refractivity contribution in [1.29, 1.82) is 0 Å². The number of carboxylic acid groups (broad SMARTS) is 2. The standard InChI is InChI=1S/C26H19ClO9S/c1-10-11(2)22-12(8-14(10)27)18-17(13(26(33)35-4)9-16(28)34-3)20(24(29)30)21(25(31)32)19(23(18)36-22)15-6-5-7-37-15/h5-9H,1-4H3,(H,29,30)(H,31,32)/b13-9-. The highest BCUT2D eigenvalue weighted by molar-refractivity contribution is 7.13. The molecule has 0 aliphatic heterocycles. The molecule has 0 fully saturated rings. The largest absolute Gasteiger partial charge is 0.478 e. The molecule has 0 saturated carbocycles. The minimum atomic E-state index is -1.64. The number of ether oxygens (including phenoxy) is 2. The van der Waals surface area contributed by atoms with E-state index in [0.717, 1.165) is 20.3 Å². The second-order valence-corrected chi connectivity index (χ2v) is 9.31. The number of hydrogen-bond donors (Lipinski definition) is 2. The molecule has 2 aromatic heterocycles. The van der Waals surface area contributed by atoms with Gasteiger partial charge in [0.2, 0.25) is 0 Å². The van der Waals surface area contributed by atoms with Crippen molar-refractivity contribution in [2.45, 2.75) is 13.8 Å². The van der Waals surface area contributed by atoms with Crippen LogP contribution in [0.5, 0.6) is 0 Å². The molecule has 9 nitrogen and oxygen atoms in total. The van der Waals surface area contributed by atoms with Crippen molar-refractivity contribution in [3.8, 4) is 10.4 Å². The maximum Gasteiger partial charge on any atom is 0.338 e. The number of esters is 2. The van der Waals surface area contributed by atoms with Gasteiger partial charge in [-0.25, -0.2) is 19.2 Å². The minimum absolute atomic E-state index is 0.0132. The molecule has 11 heteroatoms. The van der Waals surface area contributed by atoms with Gasteiger partial charge in [0.1, 0.15) is 11.2 Å². The van der Waals surface area contributed by atoms with Crippen LogP contribution in [0.15, 0.2) is 34.1 Å². The van der Waals surface area contributed by atoms with Crippen LogP contribution in [0.1, 0.15) is 37.4 Å². The lowest BCUT2D eigenvalue weighted by Crippen LogP contribution is -2.17. The highest BCUT2D eigenvalue weighted by atomic mass is 35.5. The predicted octanol–water partition coefficient (Wildman–Crippen LogP) is 5.71. The Morgan fingerprint density at radius 3 is 2.19 bits per heavy atom. The Balaban J connectivity index is 2.44. The first kappa shape index (κ1) is 25.9. The molecule has 0 atom stereocenters. The number of hydrogen-bond acceptors (Lipinski definition) is 8. The number of benzene rings is 2. The van der Waals surface area contributed by atoms with Crippen molar-refractivity contribution in [3.63, 3.8) is 0 Å². The van der Waals surface area contributed by atoms with Crippen LogP contribution in [0.2, 0.25) is 5.02 Å². The molecule has 2 heterocycles. The van der Waals surface area contributed by atoms with E-state index in [2.05, 4.69) is 4.74 Å². The second-order valence-electron chi connectivity index (χ2n) is 7.95. The van der Waals surface area contributed by atoms with Crippen molar-refractivity contribution >= 4 is 74.3 Å². The summed E-state index contributed by atoms with van der Waals surface area (Å²) in [4.78, 5) is 50.9. The number of aromatic carboxylic acids is 2. The molecule has 190 valence electrons. The summed E-state index contributed by atoms with van der Waals surface area (Å²) in [7, 11) is 2.12. The third kappa shape index (κ3) is 4.13. The Morgan fingerprint density at radius 2 is 1.65 bits per heavy atom. The van der Waals surface area contributed by atoms with E-state index in [4.69, 9.17) is 20.8 Å². The number of carboxylic acids is 2. The van der Waals surface area contributed by atoms with Crippen LogP contribution in [-0.4, -0.2) is 48.3 Å². The summed E-state index contributed by atoms with van der Waals surface area (Å²) in [5, 5.41) is 23.0. The third-order valence-electron chi connectivity index (χ3n) is 6.04. The van der Waals surface area contributed by atoms with Gasteiger partial charge < -0.3 is 24.1 Å². The Hall–Kier alpha value is -4.15. The van der Waals surface area contributed by atoms with Crippen molar-refractivity contribution in [3.05, 3.63) is 62.5 Å². The van der Waals surface area contributed by atoms with Crippen LogP contribution < -0.4 is 0 Å². The molecule has 0 spiro atoms. The zero-order valence-corrected chi connectivity index (χ0v) is 21.5. The minimum Gasteiger partial charge on any atom is -0.478 e. The molecule has 0 aliphatic carbocycles. The highest BCUT2D eigenvalue weighted by Gasteiger charge is 2.36. The lowest BCUT2D eigenvalue weighted by Gasteiger charge is -2.16. The fraction of sp³-hybridized carbons (Fsp3) is 0.154. The number of halogens is 1. The molecule has 0 bridgehead atoms. The van der Waals surface area contributed by atoms with Gasteiger partial charge in [0.05, 0.1) is 36.5 Å². The predicted molar refractivity (Wildman–Crippen MR) is 137 cm³/mol. The zero-order chi connectivity index (χ0) is 27.2.